The van der Waals surface area contributed by atoms with Crippen LogP contribution in [0.2, 0.25) is 0 Å². The number of rotatable bonds is 8. The van der Waals surface area contributed by atoms with Crippen LogP contribution >= 0.6 is 0 Å². The number of nitrogens with zero attached hydrogens (tertiary/aromatic N) is 2. The maximum Gasteiger partial charge on any atom is 0.223 e. The van der Waals surface area contributed by atoms with Crippen LogP contribution in [0.3, 0.4) is 0 Å². The largest absolute Gasteiger partial charge is 0.497 e. The van der Waals surface area contributed by atoms with Crippen molar-refractivity contribution in [3.63, 3.8) is 0 Å². The zero-order valence-electron chi connectivity index (χ0n) is 14.2. The van der Waals surface area contributed by atoms with Gasteiger partial charge in [0.2, 0.25) is 5.91 Å². The molecule has 2 rings (SSSR count). The molecule has 6 heteroatoms. The highest BCUT2D eigenvalue weighted by Crippen LogP contribution is 2.18. The number of hydrogen-bond donors (Lipinski definition) is 1. The first kappa shape index (κ1) is 18.1. The minimum absolute atomic E-state index is 0.0734. The van der Waals surface area contributed by atoms with Gasteiger partial charge in [-0.25, -0.2) is 0 Å². The molecule has 1 aromatic rings. The molecule has 1 N–H and O–H groups in total. The van der Waals surface area contributed by atoms with E-state index in [4.69, 9.17) is 14.7 Å². The number of nitrogens with one attached hydrogen (secondary N) is 1. The highest BCUT2D eigenvalue weighted by atomic mass is 16.5. The van der Waals surface area contributed by atoms with Gasteiger partial charge in [-0.1, -0.05) is 0 Å². The zero-order valence-corrected chi connectivity index (χ0v) is 14.2. The number of hydrogen-bond acceptors (Lipinski definition) is 5. The quantitative estimate of drug-likeness (QED) is 0.736. The lowest BCUT2D eigenvalue weighted by molar-refractivity contribution is -0.126. The molecule has 1 aromatic carbocycles. The Balaban J connectivity index is 1.60. The molecule has 1 amide bonds. The van der Waals surface area contributed by atoms with Gasteiger partial charge in [-0.2, -0.15) is 5.26 Å². The molecular formula is C18H25N3O3. The summed E-state index contributed by atoms with van der Waals surface area (Å²) in [4.78, 5) is 14.4. The third kappa shape index (κ3) is 5.74. The summed E-state index contributed by atoms with van der Waals surface area (Å²) in [5.74, 6) is 1.73. The van der Waals surface area contributed by atoms with Crippen molar-refractivity contribution in [3.05, 3.63) is 24.3 Å². The maximum absolute atomic E-state index is 12.2. The van der Waals surface area contributed by atoms with Crippen molar-refractivity contribution in [1.82, 2.24) is 10.2 Å². The number of carbonyl (C=O) groups is 1. The minimum atomic E-state index is 0.0734. The molecule has 130 valence electrons. The van der Waals surface area contributed by atoms with Crippen molar-refractivity contribution in [2.75, 3.05) is 39.9 Å². The molecular weight excluding hydrogens is 306 g/mol. The molecule has 24 heavy (non-hydrogen) atoms. The third-order valence-corrected chi connectivity index (χ3v) is 4.23. The van der Waals surface area contributed by atoms with Gasteiger partial charge in [0.25, 0.3) is 0 Å². The smallest absolute Gasteiger partial charge is 0.223 e. The Bertz CT molecular complexity index is 546. The van der Waals surface area contributed by atoms with Gasteiger partial charge in [0, 0.05) is 18.9 Å². The molecule has 0 spiro atoms. The molecule has 1 heterocycles. The van der Waals surface area contributed by atoms with E-state index in [1.54, 1.807) is 7.11 Å². The summed E-state index contributed by atoms with van der Waals surface area (Å²) in [6.45, 7) is 3.53. The van der Waals surface area contributed by atoms with Gasteiger partial charge in [0.1, 0.15) is 18.1 Å². The molecule has 6 nitrogen and oxygen atoms in total. The van der Waals surface area contributed by atoms with Crippen LogP contribution in [-0.4, -0.2) is 50.7 Å². The van der Waals surface area contributed by atoms with Crippen LogP contribution in [-0.2, 0) is 4.79 Å². The van der Waals surface area contributed by atoms with Crippen molar-refractivity contribution < 1.29 is 14.3 Å². The lowest BCUT2D eigenvalue weighted by Crippen LogP contribution is -2.41. The van der Waals surface area contributed by atoms with E-state index < -0.39 is 0 Å². The Labute approximate surface area is 143 Å². The summed E-state index contributed by atoms with van der Waals surface area (Å²) in [5.41, 5.74) is 0. The average molecular weight is 331 g/mol. The number of benzene rings is 1. The third-order valence-electron chi connectivity index (χ3n) is 4.23. The summed E-state index contributed by atoms with van der Waals surface area (Å²) in [5, 5.41) is 11.6. The number of likely N-dealkylation sites (tertiary alicyclic amines) is 1. The predicted molar refractivity (Wildman–Crippen MR) is 90.9 cm³/mol. The van der Waals surface area contributed by atoms with Gasteiger partial charge in [-0.05, 0) is 50.2 Å². The molecule has 1 aliphatic rings. The molecule has 0 saturated carbocycles. The summed E-state index contributed by atoms with van der Waals surface area (Å²) < 4.78 is 10.7. The Hall–Kier alpha value is -2.26. The Kier molecular flexibility index (Phi) is 7.37. The monoisotopic (exact) mass is 331 g/mol. The van der Waals surface area contributed by atoms with E-state index in [1.165, 1.54) is 0 Å². The van der Waals surface area contributed by atoms with Gasteiger partial charge in [0.15, 0.2) is 0 Å². The van der Waals surface area contributed by atoms with Gasteiger partial charge in [-0.15, -0.1) is 0 Å². The summed E-state index contributed by atoms with van der Waals surface area (Å²) in [7, 11) is 1.62. The number of carbonyl (C=O) groups excluding carboxylic acids is 1. The lowest BCUT2D eigenvalue weighted by atomic mass is 9.96. The number of amides is 1. The van der Waals surface area contributed by atoms with Crippen LogP contribution in [0.15, 0.2) is 24.3 Å². The molecule has 0 atom stereocenters. The van der Waals surface area contributed by atoms with Crippen LogP contribution in [0.1, 0.15) is 19.3 Å². The van der Waals surface area contributed by atoms with E-state index in [9.17, 15) is 4.79 Å². The Morgan fingerprint density at radius 2 is 1.96 bits per heavy atom. The first-order chi connectivity index (χ1) is 11.7. The molecule has 0 unspecified atom stereocenters. The molecule has 0 radical (unpaired) electrons. The second-order valence-electron chi connectivity index (χ2n) is 5.84. The van der Waals surface area contributed by atoms with E-state index >= 15 is 0 Å². The van der Waals surface area contributed by atoms with E-state index in [0.29, 0.717) is 19.6 Å². The van der Waals surface area contributed by atoms with Gasteiger partial charge in [-0.3, -0.25) is 4.79 Å². The minimum Gasteiger partial charge on any atom is -0.497 e. The van der Waals surface area contributed by atoms with Crippen LogP contribution in [0.25, 0.3) is 0 Å². The summed E-state index contributed by atoms with van der Waals surface area (Å²) in [6, 6.07) is 9.53. The van der Waals surface area contributed by atoms with Crippen LogP contribution in [0.4, 0.5) is 0 Å². The van der Waals surface area contributed by atoms with E-state index in [-0.39, 0.29) is 11.8 Å². The van der Waals surface area contributed by atoms with Gasteiger partial charge in [0.05, 0.1) is 19.7 Å². The lowest BCUT2D eigenvalue weighted by Gasteiger charge is -2.30. The maximum atomic E-state index is 12.2. The fraction of sp³-hybridized carbons (Fsp3) is 0.556. The van der Waals surface area contributed by atoms with Crippen molar-refractivity contribution in [2.45, 2.75) is 19.3 Å². The second kappa shape index (κ2) is 9.78. The van der Waals surface area contributed by atoms with Gasteiger partial charge < -0.3 is 19.7 Å². The topological polar surface area (TPSA) is 74.6 Å². The fourth-order valence-corrected chi connectivity index (χ4v) is 2.79. The first-order valence-corrected chi connectivity index (χ1v) is 8.37. The number of methoxy groups -OCH3 is 1. The van der Waals surface area contributed by atoms with E-state index in [1.807, 2.05) is 24.3 Å². The highest BCUT2D eigenvalue weighted by molar-refractivity contribution is 5.78. The number of nitriles is 1. The van der Waals surface area contributed by atoms with Crippen molar-refractivity contribution in [1.29, 1.82) is 5.26 Å². The highest BCUT2D eigenvalue weighted by Gasteiger charge is 2.24. The van der Waals surface area contributed by atoms with Crippen LogP contribution in [0.5, 0.6) is 11.5 Å². The van der Waals surface area contributed by atoms with E-state index in [2.05, 4.69) is 16.3 Å². The number of piperidine rings is 1. The second-order valence-corrected chi connectivity index (χ2v) is 5.84. The van der Waals surface area contributed by atoms with E-state index in [0.717, 1.165) is 44.0 Å². The predicted octanol–water partition coefficient (Wildman–Crippen LogP) is 1.82. The van der Waals surface area contributed by atoms with Crippen molar-refractivity contribution >= 4 is 5.91 Å². The SMILES string of the molecule is COc1ccc(OCCNC(=O)C2CCN(CCC#N)CC2)cc1. The average Bonchev–Trinajstić information content (AvgIpc) is 2.64. The molecule has 1 aliphatic heterocycles. The molecule has 0 aromatic heterocycles. The van der Waals surface area contributed by atoms with Gasteiger partial charge >= 0.3 is 0 Å². The van der Waals surface area contributed by atoms with Crippen molar-refractivity contribution in [2.24, 2.45) is 5.92 Å². The van der Waals surface area contributed by atoms with Crippen LogP contribution < -0.4 is 14.8 Å². The summed E-state index contributed by atoms with van der Waals surface area (Å²) >= 11 is 0. The fourth-order valence-electron chi connectivity index (χ4n) is 2.79. The first-order valence-electron chi connectivity index (χ1n) is 8.37. The Morgan fingerprint density at radius 1 is 1.29 bits per heavy atom. The molecule has 0 bridgehead atoms. The zero-order chi connectivity index (χ0) is 17.2. The number of ether oxygens (including phenoxy) is 2. The van der Waals surface area contributed by atoms with Crippen molar-refractivity contribution in [3.8, 4) is 17.6 Å². The summed E-state index contributed by atoms with van der Waals surface area (Å²) in [6.07, 6.45) is 2.27. The molecule has 1 fully saturated rings. The normalized spacial score (nSPS) is 15.5. The molecule has 1 saturated heterocycles. The Morgan fingerprint density at radius 3 is 2.58 bits per heavy atom. The molecule has 0 aliphatic carbocycles. The standard InChI is InChI=1S/C18H25N3O3/c1-23-16-3-5-17(6-4-16)24-14-10-20-18(22)15-7-12-21(13-8-15)11-2-9-19/h3-6,15H,2,7-8,10-14H2,1H3,(H,20,22). The van der Waals surface area contributed by atoms with Crippen LogP contribution in [0, 0.1) is 17.2 Å².